The molecular formula is C11H13N3. The summed E-state index contributed by atoms with van der Waals surface area (Å²) in [5.41, 5.74) is 2.80. The molecule has 0 fully saturated rings. The van der Waals surface area contributed by atoms with Crippen molar-refractivity contribution < 1.29 is 0 Å². The predicted octanol–water partition coefficient (Wildman–Crippen LogP) is 0.997. The number of benzene rings is 1. The van der Waals surface area contributed by atoms with Gasteiger partial charge < -0.3 is 15.5 Å². The molecule has 3 nitrogen and oxygen atoms in total. The molecule has 0 spiro atoms. The molecule has 2 aliphatic rings. The van der Waals surface area contributed by atoms with E-state index in [0.717, 1.165) is 13.0 Å². The van der Waals surface area contributed by atoms with Gasteiger partial charge in [-0.15, -0.1) is 0 Å². The van der Waals surface area contributed by atoms with Crippen LogP contribution in [0.4, 0.5) is 5.69 Å². The van der Waals surface area contributed by atoms with Crippen LogP contribution in [0.3, 0.4) is 0 Å². The van der Waals surface area contributed by atoms with Crippen molar-refractivity contribution in [2.75, 3.05) is 11.4 Å². The Kier molecular flexibility index (Phi) is 1.63. The van der Waals surface area contributed by atoms with Crippen molar-refractivity contribution in [3.8, 4) is 0 Å². The topological polar surface area (TPSA) is 27.3 Å². The summed E-state index contributed by atoms with van der Waals surface area (Å²) in [5, 5.41) is 6.55. The molecule has 3 heteroatoms. The normalized spacial score (nSPS) is 19.3. The number of rotatable bonds is 1. The zero-order valence-electron chi connectivity index (χ0n) is 7.90. The van der Waals surface area contributed by atoms with Crippen LogP contribution in [0.25, 0.3) is 0 Å². The molecule has 0 bridgehead atoms. The summed E-state index contributed by atoms with van der Waals surface area (Å²) >= 11 is 0. The zero-order chi connectivity index (χ0) is 9.38. The van der Waals surface area contributed by atoms with Crippen molar-refractivity contribution in [1.29, 1.82) is 0 Å². The summed E-state index contributed by atoms with van der Waals surface area (Å²) in [6, 6.07) is 8.59. The first-order valence-electron chi connectivity index (χ1n) is 4.97. The van der Waals surface area contributed by atoms with Crippen LogP contribution < -0.4 is 15.5 Å². The van der Waals surface area contributed by atoms with E-state index in [4.69, 9.17) is 0 Å². The van der Waals surface area contributed by atoms with E-state index < -0.39 is 0 Å². The largest absolute Gasteiger partial charge is 0.353 e. The highest BCUT2D eigenvalue weighted by atomic mass is 15.4. The van der Waals surface area contributed by atoms with Crippen LogP contribution in [0.5, 0.6) is 0 Å². The van der Waals surface area contributed by atoms with E-state index in [2.05, 4.69) is 39.8 Å². The lowest BCUT2D eigenvalue weighted by atomic mass is 10.2. The molecular weight excluding hydrogens is 174 g/mol. The highest BCUT2D eigenvalue weighted by Gasteiger charge is 2.25. The van der Waals surface area contributed by atoms with Crippen LogP contribution in [0.15, 0.2) is 36.7 Å². The minimum absolute atomic E-state index is 0.235. The van der Waals surface area contributed by atoms with Crippen molar-refractivity contribution in [3.05, 3.63) is 42.2 Å². The molecule has 2 heterocycles. The van der Waals surface area contributed by atoms with Crippen molar-refractivity contribution in [2.24, 2.45) is 0 Å². The average Bonchev–Trinajstić information content (AvgIpc) is 2.85. The van der Waals surface area contributed by atoms with E-state index in [1.165, 1.54) is 11.3 Å². The smallest absolute Gasteiger partial charge is 0.175 e. The van der Waals surface area contributed by atoms with Crippen LogP contribution >= 0.6 is 0 Å². The summed E-state index contributed by atoms with van der Waals surface area (Å²) in [4.78, 5) is 2.36. The molecule has 0 amide bonds. The average molecular weight is 187 g/mol. The lowest BCUT2D eigenvalue weighted by Crippen LogP contribution is -2.47. The molecule has 1 aromatic rings. The first-order valence-corrected chi connectivity index (χ1v) is 4.97. The molecule has 72 valence electrons. The molecule has 3 rings (SSSR count). The van der Waals surface area contributed by atoms with Gasteiger partial charge >= 0.3 is 0 Å². The number of hydrogen-bond donors (Lipinski definition) is 2. The lowest BCUT2D eigenvalue weighted by Gasteiger charge is -2.27. The van der Waals surface area contributed by atoms with Crippen LogP contribution in [0.1, 0.15) is 5.56 Å². The second-order valence-corrected chi connectivity index (χ2v) is 3.64. The molecule has 2 N–H and O–H groups in total. The van der Waals surface area contributed by atoms with Crippen LogP contribution in [0.2, 0.25) is 0 Å². The highest BCUT2D eigenvalue weighted by Crippen LogP contribution is 2.28. The third kappa shape index (κ3) is 1.05. The minimum atomic E-state index is 0.235. The summed E-state index contributed by atoms with van der Waals surface area (Å²) in [5.74, 6) is 0. The van der Waals surface area contributed by atoms with Gasteiger partial charge in [0.15, 0.2) is 6.29 Å². The molecule has 0 saturated carbocycles. The van der Waals surface area contributed by atoms with Gasteiger partial charge in [0.1, 0.15) is 0 Å². The maximum atomic E-state index is 3.27. The standard InChI is InChI=1S/C11H13N3/c1-2-4-10-9(3-1)5-8-14(10)11-12-6-7-13-11/h1-4,6-7,11-13H,5,8H2. The van der Waals surface area contributed by atoms with Crippen molar-refractivity contribution >= 4 is 5.69 Å². The van der Waals surface area contributed by atoms with Gasteiger partial charge in [-0.25, -0.2) is 0 Å². The van der Waals surface area contributed by atoms with Gasteiger partial charge in [-0.3, -0.25) is 0 Å². The number of hydrogen-bond acceptors (Lipinski definition) is 3. The minimum Gasteiger partial charge on any atom is -0.353 e. The van der Waals surface area contributed by atoms with Crippen molar-refractivity contribution in [1.82, 2.24) is 10.6 Å². The Morgan fingerprint density at radius 1 is 1.14 bits per heavy atom. The number of nitrogens with one attached hydrogen (secondary N) is 2. The molecule has 0 atom stereocenters. The fourth-order valence-electron chi connectivity index (χ4n) is 2.14. The summed E-state index contributed by atoms with van der Waals surface area (Å²) in [7, 11) is 0. The Hall–Kier alpha value is -1.64. The lowest BCUT2D eigenvalue weighted by molar-refractivity contribution is 0.541. The first-order chi connectivity index (χ1) is 6.95. The van der Waals surface area contributed by atoms with Crippen LogP contribution in [-0.2, 0) is 6.42 Å². The predicted molar refractivity (Wildman–Crippen MR) is 56.7 cm³/mol. The zero-order valence-corrected chi connectivity index (χ0v) is 7.90. The third-order valence-corrected chi connectivity index (χ3v) is 2.83. The van der Waals surface area contributed by atoms with Gasteiger partial charge in [0.2, 0.25) is 0 Å². The van der Waals surface area contributed by atoms with E-state index >= 15 is 0 Å². The van der Waals surface area contributed by atoms with Crippen LogP contribution in [-0.4, -0.2) is 12.8 Å². The fraction of sp³-hybridized carbons (Fsp3) is 0.273. The Bertz CT molecular complexity index is 365. The second-order valence-electron chi connectivity index (χ2n) is 3.64. The van der Waals surface area contributed by atoms with E-state index in [-0.39, 0.29) is 6.29 Å². The van der Waals surface area contributed by atoms with E-state index in [1.807, 2.05) is 12.4 Å². The van der Waals surface area contributed by atoms with E-state index in [0.29, 0.717) is 0 Å². The Morgan fingerprint density at radius 2 is 1.93 bits per heavy atom. The number of para-hydroxylation sites is 1. The van der Waals surface area contributed by atoms with E-state index in [1.54, 1.807) is 0 Å². The highest BCUT2D eigenvalue weighted by molar-refractivity contribution is 5.58. The summed E-state index contributed by atoms with van der Waals surface area (Å²) in [6.07, 6.45) is 5.28. The van der Waals surface area contributed by atoms with E-state index in [9.17, 15) is 0 Å². The maximum absolute atomic E-state index is 3.27. The molecule has 2 aliphatic heterocycles. The molecule has 0 unspecified atom stereocenters. The fourth-order valence-corrected chi connectivity index (χ4v) is 2.14. The van der Waals surface area contributed by atoms with Gasteiger partial charge in [-0.05, 0) is 18.1 Å². The first kappa shape index (κ1) is 7.74. The van der Waals surface area contributed by atoms with Crippen molar-refractivity contribution in [2.45, 2.75) is 12.7 Å². The molecule has 14 heavy (non-hydrogen) atoms. The number of nitrogens with zero attached hydrogens (tertiary/aromatic N) is 1. The molecule has 0 aromatic heterocycles. The Labute approximate surface area is 83.4 Å². The Morgan fingerprint density at radius 3 is 2.79 bits per heavy atom. The molecule has 0 saturated heterocycles. The molecule has 0 radical (unpaired) electrons. The van der Waals surface area contributed by atoms with Gasteiger partial charge in [0.05, 0.1) is 0 Å². The monoisotopic (exact) mass is 187 g/mol. The summed E-state index contributed by atoms with van der Waals surface area (Å²) in [6.45, 7) is 1.09. The summed E-state index contributed by atoms with van der Waals surface area (Å²) < 4.78 is 0. The third-order valence-electron chi connectivity index (χ3n) is 2.83. The number of anilines is 1. The SMILES string of the molecule is C1=CNC(N2CCc3ccccc32)N1. The maximum Gasteiger partial charge on any atom is 0.175 e. The van der Waals surface area contributed by atoms with Gasteiger partial charge in [-0.1, -0.05) is 18.2 Å². The van der Waals surface area contributed by atoms with Crippen LogP contribution in [0, 0.1) is 0 Å². The second kappa shape index (κ2) is 2.94. The number of fused-ring (bicyclic) bond motifs is 1. The molecule has 0 aliphatic carbocycles. The van der Waals surface area contributed by atoms with Crippen molar-refractivity contribution in [3.63, 3.8) is 0 Å². The molecule has 1 aromatic carbocycles. The Balaban J connectivity index is 1.90. The quantitative estimate of drug-likeness (QED) is 0.686. The van der Waals surface area contributed by atoms with Gasteiger partial charge in [0.25, 0.3) is 0 Å². The van der Waals surface area contributed by atoms with Gasteiger partial charge in [-0.2, -0.15) is 0 Å². The van der Waals surface area contributed by atoms with Gasteiger partial charge in [0, 0.05) is 24.6 Å².